The molecule has 1 heterocycles. The van der Waals surface area contributed by atoms with E-state index >= 15 is 0 Å². The molecule has 161 valence electrons. The first-order valence-electron chi connectivity index (χ1n) is 11.5. The van der Waals surface area contributed by atoms with Gasteiger partial charge in [0, 0.05) is 28.4 Å². The number of nitrogens with zero attached hydrogens (tertiary/aromatic N) is 1. The van der Waals surface area contributed by atoms with E-state index in [0.29, 0.717) is 11.8 Å². The van der Waals surface area contributed by atoms with Crippen molar-refractivity contribution in [2.24, 2.45) is 11.8 Å². The van der Waals surface area contributed by atoms with Gasteiger partial charge in [0.2, 0.25) is 0 Å². The molecule has 0 spiro atoms. The van der Waals surface area contributed by atoms with Crippen LogP contribution in [-0.2, 0) is 5.41 Å². The molecule has 1 aromatic rings. The van der Waals surface area contributed by atoms with Crippen LogP contribution in [0.4, 0.5) is 5.69 Å². The molecule has 1 aliphatic heterocycles. The highest BCUT2D eigenvalue weighted by Gasteiger charge is 2.39. The molecule has 0 aromatic heterocycles. The van der Waals surface area contributed by atoms with Crippen LogP contribution in [-0.4, -0.2) is 6.54 Å². The van der Waals surface area contributed by atoms with Crippen LogP contribution in [0.5, 0.6) is 0 Å². The Hall–Kier alpha value is -1.73. The van der Waals surface area contributed by atoms with Crippen LogP contribution < -0.4 is 4.90 Å². The summed E-state index contributed by atoms with van der Waals surface area (Å²) in [5.41, 5.74) is 6.62. The molecule has 1 nitrogen and oxygen atoms in total. The Bertz CT molecular complexity index is 882. The summed E-state index contributed by atoms with van der Waals surface area (Å²) in [4.78, 5) is 2.49. The average molecular weight is 423 g/mol. The van der Waals surface area contributed by atoms with Crippen molar-refractivity contribution >= 4 is 17.3 Å². The third-order valence-corrected chi connectivity index (χ3v) is 7.03. The first-order valence-corrected chi connectivity index (χ1v) is 11.8. The molecule has 0 fully saturated rings. The summed E-state index contributed by atoms with van der Waals surface area (Å²) >= 11 is 6.85. The molecule has 1 unspecified atom stereocenters. The van der Waals surface area contributed by atoms with Crippen LogP contribution in [0.2, 0.25) is 0 Å². The first-order chi connectivity index (χ1) is 14.3. The van der Waals surface area contributed by atoms with E-state index in [9.17, 15) is 0 Å². The largest absolute Gasteiger partial charge is 0.344 e. The summed E-state index contributed by atoms with van der Waals surface area (Å²) in [6.07, 6.45) is 13.4. The summed E-state index contributed by atoms with van der Waals surface area (Å²) in [5.74, 6) is 0.860. The predicted octanol–water partition coefficient (Wildman–Crippen LogP) is 8.34. The number of rotatable bonds is 6. The van der Waals surface area contributed by atoms with E-state index in [0.717, 1.165) is 37.3 Å². The Morgan fingerprint density at radius 2 is 1.90 bits per heavy atom. The smallest absolute Gasteiger partial charge is 0.0469 e. The molecule has 0 saturated carbocycles. The molecule has 0 N–H and O–H groups in total. The summed E-state index contributed by atoms with van der Waals surface area (Å²) in [5, 5.41) is 0.931. The van der Waals surface area contributed by atoms with Gasteiger partial charge in [-0.3, -0.25) is 0 Å². The summed E-state index contributed by atoms with van der Waals surface area (Å²) in [6.45, 7) is 16.6. The Morgan fingerprint density at radius 3 is 2.60 bits per heavy atom. The fourth-order valence-electron chi connectivity index (χ4n) is 4.45. The van der Waals surface area contributed by atoms with E-state index in [-0.39, 0.29) is 5.41 Å². The molecule has 2 aliphatic rings. The van der Waals surface area contributed by atoms with Crippen molar-refractivity contribution in [3.05, 3.63) is 82.9 Å². The number of anilines is 1. The fourth-order valence-corrected chi connectivity index (χ4v) is 4.77. The van der Waals surface area contributed by atoms with Gasteiger partial charge >= 0.3 is 0 Å². The second-order valence-electron chi connectivity index (χ2n) is 9.50. The van der Waals surface area contributed by atoms with Crippen molar-refractivity contribution in [3.8, 4) is 0 Å². The van der Waals surface area contributed by atoms with Crippen molar-refractivity contribution < 1.29 is 0 Å². The van der Waals surface area contributed by atoms with Crippen LogP contribution in [0.25, 0.3) is 0 Å². The Balaban J connectivity index is 1.95. The molecular formula is C28H37ClN. The van der Waals surface area contributed by atoms with Crippen molar-refractivity contribution in [2.75, 3.05) is 11.4 Å². The molecule has 1 aromatic carbocycles. The number of hydrogen-bond acceptors (Lipinski definition) is 1. The van der Waals surface area contributed by atoms with E-state index in [2.05, 4.69) is 95.0 Å². The number of fused-ring (bicyclic) bond motifs is 1. The second kappa shape index (κ2) is 9.60. The van der Waals surface area contributed by atoms with Crippen LogP contribution in [0.3, 0.4) is 0 Å². The molecule has 0 amide bonds. The monoisotopic (exact) mass is 422 g/mol. The number of halogens is 1. The number of allylic oxidation sites excluding steroid dienone is 8. The molecule has 0 bridgehead atoms. The fraction of sp³-hybridized carbons (Fsp3) is 0.464. The van der Waals surface area contributed by atoms with Crippen molar-refractivity contribution in [2.45, 2.75) is 65.7 Å². The maximum absolute atomic E-state index is 6.85. The van der Waals surface area contributed by atoms with E-state index in [1.54, 1.807) is 0 Å². The van der Waals surface area contributed by atoms with Gasteiger partial charge in [0.05, 0.1) is 0 Å². The Kier molecular flexibility index (Phi) is 7.34. The van der Waals surface area contributed by atoms with E-state index in [1.807, 2.05) is 0 Å². The lowest BCUT2D eigenvalue weighted by Crippen LogP contribution is -2.26. The minimum atomic E-state index is -0.00518. The zero-order valence-electron chi connectivity index (χ0n) is 19.3. The number of hydrogen-bond donors (Lipinski definition) is 0. The second-order valence-corrected chi connectivity index (χ2v) is 9.88. The quantitative estimate of drug-likeness (QED) is 0.445. The van der Waals surface area contributed by atoms with Gasteiger partial charge in [-0.15, -0.1) is 0 Å². The maximum atomic E-state index is 6.85. The van der Waals surface area contributed by atoms with Gasteiger partial charge in [-0.2, -0.15) is 0 Å². The molecule has 1 atom stereocenters. The van der Waals surface area contributed by atoms with Gasteiger partial charge in [-0.25, -0.2) is 0 Å². The summed E-state index contributed by atoms with van der Waals surface area (Å²) < 4.78 is 0. The molecular weight excluding hydrogens is 386 g/mol. The standard InChI is InChI=1S/C28H37ClN/c1-7-19-30-25-14-9-8-13-24(25)28(5,6)26(30)18-17-23-12-10-11-22(27(23)29)16-15-21(4)20(2)3/h8-9,13-18,20-21H,4,7,10-12,19H2,1-3,5-6H3. The minimum Gasteiger partial charge on any atom is -0.344 e. The van der Waals surface area contributed by atoms with Crippen molar-refractivity contribution in [1.29, 1.82) is 0 Å². The normalized spacial score (nSPS) is 22.6. The zero-order valence-corrected chi connectivity index (χ0v) is 20.1. The zero-order chi connectivity index (χ0) is 21.9. The Morgan fingerprint density at radius 1 is 1.17 bits per heavy atom. The number of benzene rings is 1. The van der Waals surface area contributed by atoms with Crippen LogP contribution >= 0.6 is 11.6 Å². The van der Waals surface area contributed by atoms with Gasteiger partial charge in [-0.1, -0.05) is 82.6 Å². The topological polar surface area (TPSA) is 3.24 Å². The van der Waals surface area contributed by atoms with Crippen LogP contribution in [0.15, 0.2) is 70.4 Å². The molecule has 1 aliphatic carbocycles. The van der Waals surface area contributed by atoms with E-state index < -0.39 is 0 Å². The lowest BCUT2D eigenvalue weighted by atomic mass is 9.83. The van der Waals surface area contributed by atoms with Gasteiger partial charge in [0.1, 0.15) is 0 Å². The molecule has 30 heavy (non-hydrogen) atoms. The summed E-state index contributed by atoms with van der Waals surface area (Å²) in [6, 6.07) is 8.82. The highest BCUT2D eigenvalue weighted by molar-refractivity contribution is 6.32. The highest BCUT2D eigenvalue weighted by atomic mass is 35.5. The van der Waals surface area contributed by atoms with Crippen molar-refractivity contribution in [1.82, 2.24) is 0 Å². The molecule has 1 radical (unpaired) electrons. The van der Waals surface area contributed by atoms with E-state index in [1.165, 1.54) is 28.1 Å². The average Bonchev–Trinajstić information content (AvgIpc) is 2.93. The number of para-hydroxylation sites is 1. The van der Waals surface area contributed by atoms with Gasteiger partial charge < -0.3 is 4.90 Å². The Labute approximate surface area is 189 Å². The molecule has 2 heteroatoms. The van der Waals surface area contributed by atoms with Crippen LogP contribution in [0.1, 0.15) is 65.9 Å². The molecule has 3 rings (SSSR count). The predicted molar refractivity (Wildman–Crippen MR) is 133 cm³/mol. The van der Waals surface area contributed by atoms with Gasteiger partial charge in [0.25, 0.3) is 0 Å². The van der Waals surface area contributed by atoms with Crippen molar-refractivity contribution in [3.63, 3.8) is 0 Å². The van der Waals surface area contributed by atoms with Gasteiger partial charge in [0.15, 0.2) is 0 Å². The molecule has 0 saturated heterocycles. The summed E-state index contributed by atoms with van der Waals surface area (Å²) in [7, 11) is 0. The highest BCUT2D eigenvalue weighted by Crippen LogP contribution is 2.47. The lowest BCUT2D eigenvalue weighted by molar-refractivity contribution is 0.546. The SMILES string of the molecule is [CH2]C(C=CC1=C(Cl)C(=CC=C2N(CCC)c3ccccc3C2(C)C)CCC1)C(C)C. The van der Waals surface area contributed by atoms with E-state index in [4.69, 9.17) is 11.6 Å². The minimum absolute atomic E-state index is 0.00518. The van der Waals surface area contributed by atoms with Gasteiger partial charge in [-0.05, 0) is 73.3 Å². The third kappa shape index (κ3) is 4.62. The first kappa shape index (κ1) is 22.9. The maximum Gasteiger partial charge on any atom is 0.0469 e. The van der Waals surface area contributed by atoms with Crippen LogP contribution in [0, 0.1) is 18.8 Å². The lowest BCUT2D eigenvalue weighted by Gasteiger charge is -2.27. The third-order valence-electron chi connectivity index (χ3n) is 6.55.